The zero-order valence-corrected chi connectivity index (χ0v) is 20.3. The van der Waals surface area contributed by atoms with Crippen molar-refractivity contribution < 1.29 is 9.90 Å². The number of thiophene rings is 1. The maximum atomic E-state index is 12.7. The third kappa shape index (κ3) is 4.35. The number of aromatic nitrogens is 3. The highest BCUT2D eigenvalue weighted by Crippen LogP contribution is 2.39. The van der Waals surface area contributed by atoms with Gasteiger partial charge in [0.15, 0.2) is 5.82 Å². The van der Waals surface area contributed by atoms with Crippen LogP contribution in [0.1, 0.15) is 59.5 Å². The molecule has 0 aliphatic carbocycles. The fourth-order valence-corrected chi connectivity index (χ4v) is 5.04. The van der Waals surface area contributed by atoms with Crippen LogP contribution in [0.15, 0.2) is 29.3 Å². The molecule has 0 fully saturated rings. The molecule has 0 spiro atoms. The van der Waals surface area contributed by atoms with Gasteiger partial charge in [0.1, 0.15) is 16.9 Å². The van der Waals surface area contributed by atoms with E-state index in [0.717, 1.165) is 33.2 Å². The van der Waals surface area contributed by atoms with Gasteiger partial charge in [-0.2, -0.15) is 0 Å². The van der Waals surface area contributed by atoms with Gasteiger partial charge >= 0.3 is 0 Å². The Bertz CT molecular complexity index is 1200. The fourth-order valence-electron chi connectivity index (χ4n) is 3.70. The molecule has 0 unspecified atom stereocenters. The quantitative estimate of drug-likeness (QED) is 0.586. The van der Waals surface area contributed by atoms with Crippen LogP contribution in [-0.2, 0) is 4.79 Å². The molecule has 7 nitrogen and oxygen atoms in total. The molecule has 0 bridgehead atoms. The number of amides is 1. The van der Waals surface area contributed by atoms with E-state index in [9.17, 15) is 9.90 Å². The van der Waals surface area contributed by atoms with Gasteiger partial charge in [-0.15, -0.1) is 21.5 Å². The summed E-state index contributed by atoms with van der Waals surface area (Å²) >= 11 is 7.80. The smallest absolute Gasteiger partial charge is 0.222 e. The van der Waals surface area contributed by atoms with Gasteiger partial charge in [-0.1, -0.05) is 23.7 Å². The second-order valence-corrected chi connectivity index (χ2v) is 10.3. The number of benzene rings is 1. The first-order valence-electron chi connectivity index (χ1n) is 10.4. The van der Waals surface area contributed by atoms with Gasteiger partial charge in [0.25, 0.3) is 0 Å². The molecular formula is C23H26ClN5O2S. The lowest BCUT2D eigenvalue weighted by molar-refractivity contribution is -0.122. The van der Waals surface area contributed by atoms with E-state index >= 15 is 0 Å². The summed E-state index contributed by atoms with van der Waals surface area (Å²) in [5.74, 6) is 1.17. The Kier molecular flexibility index (Phi) is 5.96. The normalized spacial score (nSPS) is 15.6. The number of halogens is 1. The standard InChI is InChI=1S/C23H26ClN5O2S/c1-12-13(2)32-22-19(12)20(15-6-8-16(24)9-7-15)26-17(21-28-27-14(3)29(21)22)10-18(30)25-11-23(4,5)31/h6-9,17,31H,10-11H2,1-5H3,(H,25,30)/t17-/m0/s1. The molecule has 4 rings (SSSR count). The van der Waals surface area contributed by atoms with E-state index < -0.39 is 11.6 Å². The minimum atomic E-state index is -0.994. The molecule has 2 aromatic heterocycles. The molecule has 1 amide bonds. The lowest BCUT2D eigenvalue weighted by Gasteiger charge is -2.18. The van der Waals surface area contributed by atoms with Crippen molar-refractivity contribution in [3.63, 3.8) is 0 Å². The highest BCUT2D eigenvalue weighted by Gasteiger charge is 2.32. The predicted molar refractivity (Wildman–Crippen MR) is 127 cm³/mol. The molecular weight excluding hydrogens is 446 g/mol. The summed E-state index contributed by atoms with van der Waals surface area (Å²) in [6, 6.07) is 7.05. The molecule has 0 saturated carbocycles. The summed E-state index contributed by atoms with van der Waals surface area (Å²) in [5, 5.41) is 23.1. The van der Waals surface area contributed by atoms with Crippen molar-refractivity contribution in [3.8, 4) is 5.00 Å². The molecule has 1 aromatic carbocycles. The zero-order valence-electron chi connectivity index (χ0n) is 18.7. The topological polar surface area (TPSA) is 92.4 Å². The molecule has 0 saturated heterocycles. The lowest BCUT2D eigenvalue weighted by atomic mass is 9.99. The Hall–Kier alpha value is -2.55. The maximum Gasteiger partial charge on any atom is 0.222 e. The predicted octanol–water partition coefficient (Wildman–Crippen LogP) is 4.08. The van der Waals surface area contributed by atoms with Crippen molar-refractivity contribution >= 4 is 34.6 Å². The van der Waals surface area contributed by atoms with Crippen LogP contribution in [0.4, 0.5) is 0 Å². The van der Waals surface area contributed by atoms with Gasteiger partial charge in [-0.3, -0.25) is 14.4 Å². The molecule has 32 heavy (non-hydrogen) atoms. The van der Waals surface area contributed by atoms with Gasteiger partial charge in [0.05, 0.1) is 17.7 Å². The van der Waals surface area contributed by atoms with Crippen molar-refractivity contribution in [3.05, 3.63) is 62.5 Å². The second-order valence-electron chi connectivity index (χ2n) is 8.70. The minimum Gasteiger partial charge on any atom is -0.389 e. The van der Waals surface area contributed by atoms with Crippen LogP contribution in [0.5, 0.6) is 0 Å². The van der Waals surface area contributed by atoms with Crippen molar-refractivity contribution in [2.24, 2.45) is 4.99 Å². The average molecular weight is 472 g/mol. The highest BCUT2D eigenvalue weighted by molar-refractivity contribution is 7.15. The van der Waals surface area contributed by atoms with E-state index in [2.05, 4.69) is 29.4 Å². The van der Waals surface area contributed by atoms with Crippen LogP contribution in [-0.4, -0.2) is 43.6 Å². The van der Waals surface area contributed by atoms with E-state index in [0.29, 0.717) is 10.8 Å². The fraction of sp³-hybridized carbons (Fsp3) is 0.391. The van der Waals surface area contributed by atoms with Gasteiger partial charge in [-0.05, 0) is 52.3 Å². The van der Waals surface area contributed by atoms with Gasteiger partial charge in [-0.25, -0.2) is 0 Å². The number of nitrogens with one attached hydrogen (secondary N) is 1. The Morgan fingerprint density at radius 2 is 1.91 bits per heavy atom. The largest absolute Gasteiger partial charge is 0.389 e. The first kappa shape index (κ1) is 22.6. The van der Waals surface area contributed by atoms with Crippen LogP contribution in [0, 0.1) is 20.8 Å². The SMILES string of the molecule is Cc1sc2c(c1C)C(c1ccc(Cl)cc1)=N[C@@H](CC(=O)NCC(C)(C)O)c1nnc(C)n1-2. The molecule has 1 aliphatic rings. The van der Waals surface area contributed by atoms with Crippen LogP contribution in [0.25, 0.3) is 5.00 Å². The Morgan fingerprint density at radius 1 is 1.22 bits per heavy atom. The lowest BCUT2D eigenvalue weighted by Crippen LogP contribution is -2.38. The van der Waals surface area contributed by atoms with Crippen molar-refractivity contribution in [1.82, 2.24) is 20.1 Å². The number of aliphatic imine (C=N–C) groups is 1. The maximum absolute atomic E-state index is 12.7. The number of fused-ring (bicyclic) bond motifs is 3. The number of carbonyl (C=O) groups excluding carboxylic acids is 1. The monoisotopic (exact) mass is 471 g/mol. The summed E-state index contributed by atoms with van der Waals surface area (Å²) < 4.78 is 2.01. The first-order valence-corrected chi connectivity index (χ1v) is 11.6. The number of aliphatic hydroxyl groups is 1. The summed E-state index contributed by atoms with van der Waals surface area (Å²) in [6.45, 7) is 9.55. The molecule has 1 atom stereocenters. The molecule has 168 valence electrons. The number of aryl methyl sites for hydroxylation is 2. The van der Waals surface area contributed by atoms with Crippen LogP contribution in [0.3, 0.4) is 0 Å². The number of hydrogen-bond acceptors (Lipinski definition) is 6. The molecule has 3 heterocycles. The molecule has 0 radical (unpaired) electrons. The Balaban J connectivity index is 1.84. The summed E-state index contributed by atoms with van der Waals surface area (Å²) in [7, 11) is 0. The van der Waals surface area contributed by atoms with E-state index in [1.807, 2.05) is 35.8 Å². The van der Waals surface area contributed by atoms with Crippen LogP contribution < -0.4 is 5.32 Å². The summed E-state index contributed by atoms with van der Waals surface area (Å²) in [6.07, 6.45) is 0.0955. The van der Waals surface area contributed by atoms with Gasteiger partial charge in [0.2, 0.25) is 5.91 Å². The van der Waals surface area contributed by atoms with Crippen LogP contribution in [0.2, 0.25) is 5.02 Å². The van der Waals surface area contributed by atoms with E-state index in [1.165, 1.54) is 4.88 Å². The summed E-state index contributed by atoms with van der Waals surface area (Å²) in [4.78, 5) is 19.0. The number of nitrogens with zero attached hydrogens (tertiary/aromatic N) is 4. The van der Waals surface area contributed by atoms with Gasteiger partial charge in [0, 0.05) is 27.6 Å². The average Bonchev–Trinajstić information content (AvgIpc) is 3.19. The third-order valence-electron chi connectivity index (χ3n) is 5.45. The number of hydrogen-bond donors (Lipinski definition) is 2. The third-order valence-corrected chi connectivity index (χ3v) is 6.90. The molecule has 1 aliphatic heterocycles. The Labute approximate surface area is 196 Å². The second kappa shape index (κ2) is 8.42. The highest BCUT2D eigenvalue weighted by atomic mass is 35.5. The van der Waals surface area contributed by atoms with Crippen LogP contribution >= 0.6 is 22.9 Å². The number of carbonyl (C=O) groups is 1. The van der Waals surface area contributed by atoms with E-state index in [-0.39, 0.29) is 18.9 Å². The first-order chi connectivity index (χ1) is 15.0. The molecule has 3 aromatic rings. The van der Waals surface area contributed by atoms with E-state index in [4.69, 9.17) is 16.6 Å². The molecule has 2 N–H and O–H groups in total. The van der Waals surface area contributed by atoms with Gasteiger partial charge < -0.3 is 10.4 Å². The zero-order chi connectivity index (χ0) is 23.2. The van der Waals surface area contributed by atoms with Crippen molar-refractivity contribution in [2.75, 3.05) is 6.54 Å². The van der Waals surface area contributed by atoms with E-state index in [1.54, 1.807) is 25.2 Å². The minimum absolute atomic E-state index is 0.0955. The summed E-state index contributed by atoms with van der Waals surface area (Å²) in [5.41, 5.74) is 2.91. The number of rotatable bonds is 5. The van der Waals surface area contributed by atoms with Crippen molar-refractivity contribution in [1.29, 1.82) is 0 Å². The van der Waals surface area contributed by atoms with Crippen molar-refractivity contribution in [2.45, 2.75) is 52.7 Å². The molecule has 9 heteroatoms. The Morgan fingerprint density at radius 3 is 2.56 bits per heavy atom.